The Bertz CT molecular complexity index is 1840. The predicted octanol–water partition coefficient (Wildman–Crippen LogP) is 5.93. The highest BCUT2D eigenvalue weighted by atomic mass is 19.1. The standard InChI is InChI=1S/C34H30F2N2O5/c1-42-31-11-19-8-7-18-10-26(33-28(35)12-22(40)13-29(33)36)27(14-24(18)25(19)15-32(31)43-2)34(41)38-21(17-39)9-20-16-37-30-6-4-3-5-23(20)30/h3-6,10-16,21,37,39-40H,7-9,17H2,1-2H3,(H,38,41). The minimum Gasteiger partial charge on any atom is -0.508 e. The summed E-state index contributed by atoms with van der Waals surface area (Å²) >= 11 is 0. The van der Waals surface area contributed by atoms with Crippen molar-refractivity contribution in [1.82, 2.24) is 10.3 Å². The van der Waals surface area contributed by atoms with E-state index in [-0.39, 0.29) is 17.7 Å². The molecule has 0 spiro atoms. The second kappa shape index (κ2) is 11.4. The van der Waals surface area contributed by atoms with E-state index in [2.05, 4.69) is 10.3 Å². The number of phenolic OH excluding ortho intramolecular Hbond substituents is 1. The molecule has 4 N–H and O–H groups in total. The Morgan fingerprint density at radius 2 is 1.58 bits per heavy atom. The summed E-state index contributed by atoms with van der Waals surface area (Å²) < 4.78 is 41.4. The number of nitrogens with one attached hydrogen (secondary N) is 2. The van der Waals surface area contributed by atoms with Gasteiger partial charge < -0.3 is 30.0 Å². The first kappa shape index (κ1) is 28.2. The van der Waals surface area contributed by atoms with Crippen molar-refractivity contribution in [2.45, 2.75) is 25.3 Å². The third-order valence-electron chi connectivity index (χ3n) is 8.04. The fourth-order valence-electron chi connectivity index (χ4n) is 5.95. The monoisotopic (exact) mass is 584 g/mol. The number of carbonyl (C=O) groups is 1. The number of methoxy groups -OCH3 is 2. The minimum atomic E-state index is -0.994. The summed E-state index contributed by atoms with van der Waals surface area (Å²) in [6.45, 7) is -0.354. The average molecular weight is 585 g/mol. The van der Waals surface area contributed by atoms with Crippen molar-refractivity contribution in [3.05, 3.63) is 101 Å². The van der Waals surface area contributed by atoms with E-state index in [4.69, 9.17) is 9.47 Å². The molecule has 0 bridgehead atoms. The molecule has 1 amide bonds. The van der Waals surface area contributed by atoms with Crippen LogP contribution in [0.3, 0.4) is 0 Å². The molecule has 9 heteroatoms. The Labute approximate surface area is 246 Å². The number of hydrogen-bond acceptors (Lipinski definition) is 5. The lowest BCUT2D eigenvalue weighted by molar-refractivity contribution is 0.0917. The molecule has 1 aliphatic carbocycles. The van der Waals surface area contributed by atoms with Crippen molar-refractivity contribution in [2.75, 3.05) is 20.8 Å². The smallest absolute Gasteiger partial charge is 0.252 e. The molecule has 1 unspecified atom stereocenters. The van der Waals surface area contributed by atoms with Crippen LogP contribution in [0.4, 0.5) is 8.78 Å². The number of rotatable bonds is 8. The summed E-state index contributed by atoms with van der Waals surface area (Å²) in [5.41, 5.74) is 4.85. The Balaban J connectivity index is 1.45. The molecule has 43 heavy (non-hydrogen) atoms. The van der Waals surface area contributed by atoms with Gasteiger partial charge >= 0.3 is 0 Å². The van der Waals surface area contributed by atoms with E-state index in [1.807, 2.05) is 42.6 Å². The molecule has 5 aromatic rings. The van der Waals surface area contributed by atoms with E-state index in [1.54, 1.807) is 19.2 Å². The van der Waals surface area contributed by atoms with Gasteiger partial charge in [0.1, 0.15) is 17.4 Å². The summed E-state index contributed by atoms with van der Waals surface area (Å²) in [7, 11) is 3.10. The third kappa shape index (κ3) is 5.17. The van der Waals surface area contributed by atoms with Crippen LogP contribution in [-0.2, 0) is 19.3 Å². The van der Waals surface area contributed by atoms with Crippen molar-refractivity contribution in [1.29, 1.82) is 0 Å². The summed E-state index contributed by atoms with van der Waals surface area (Å²) in [6.07, 6.45) is 3.37. The van der Waals surface area contributed by atoms with Gasteiger partial charge in [0, 0.05) is 40.4 Å². The number of amides is 1. The predicted molar refractivity (Wildman–Crippen MR) is 160 cm³/mol. The Morgan fingerprint density at radius 3 is 2.28 bits per heavy atom. The van der Waals surface area contributed by atoms with Gasteiger partial charge in [-0.1, -0.05) is 18.2 Å². The molecular weight excluding hydrogens is 554 g/mol. The molecule has 0 fully saturated rings. The van der Waals surface area contributed by atoms with Gasteiger partial charge in [0.15, 0.2) is 11.5 Å². The number of para-hydroxylation sites is 1. The van der Waals surface area contributed by atoms with Gasteiger partial charge in [0.25, 0.3) is 5.91 Å². The number of aryl methyl sites for hydroxylation is 2. The number of benzene rings is 4. The molecule has 220 valence electrons. The van der Waals surface area contributed by atoms with Gasteiger partial charge in [0.2, 0.25) is 0 Å². The molecule has 7 nitrogen and oxygen atoms in total. The summed E-state index contributed by atoms with van der Waals surface area (Å²) in [5, 5.41) is 23.8. The molecule has 6 rings (SSSR count). The molecule has 1 atom stereocenters. The molecule has 1 aromatic heterocycles. The Hall–Kier alpha value is -4.89. The van der Waals surface area contributed by atoms with Crippen molar-refractivity contribution in [3.8, 4) is 39.5 Å². The number of fused-ring (bicyclic) bond motifs is 4. The first-order valence-electron chi connectivity index (χ1n) is 13.9. The Morgan fingerprint density at radius 1 is 0.930 bits per heavy atom. The fraction of sp³-hybridized carbons (Fsp3) is 0.206. The van der Waals surface area contributed by atoms with E-state index < -0.39 is 34.9 Å². The second-order valence-corrected chi connectivity index (χ2v) is 10.6. The minimum absolute atomic E-state index is 0.0299. The zero-order chi connectivity index (χ0) is 30.2. The van der Waals surface area contributed by atoms with E-state index in [9.17, 15) is 15.0 Å². The van der Waals surface area contributed by atoms with Crippen molar-refractivity contribution in [2.24, 2.45) is 0 Å². The fourth-order valence-corrected chi connectivity index (χ4v) is 5.95. The van der Waals surface area contributed by atoms with Gasteiger partial charge in [-0.05, 0) is 77.4 Å². The molecule has 1 aliphatic rings. The number of aromatic hydroxyl groups is 1. The van der Waals surface area contributed by atoms with Crippen LogP contribution in [0.5, 0.6) is 17.2 Å². The van der Waals surface area contributed by atoms with Crippen LogP contribution < -0.4 is 14.8 Å². The molecule has 1 heterocycles. The Kier molecular flexibility index (Phi) is 7.50. The van der Waals surface area contributed by atoms with Gasteiger partial charge in [-0.15, -0.1) is 0 Å². The highest BCUT2D eigenvalue weighted by Gasteiger charge is 2.27. The molecule has 4 aromatic carbocycles. The number of aromatic nitrogens is 1. The topological polar surface area (TPSA) is 104 Å². The maximum atomic E-state index is 15.2. The average Bonchev–Trinajstić information content (AvgIpc) is 3.41. The van der Waals surface area contributed by atoms with Crippen LogP contribution in [0, 0.1) is 11.6 Å². The highest BCUT2D eigenvalue weighted by Crippen LogP contribution is 2.43. The molecule has 0 radical (unpaired) electrons. The van der Waals surface area contributed by atoms with Crippen LogP contribution in [0.25, 0.3) is 33.2 Å². The van der Waals surface area contributed by atoms with Gasteiger partial charge in [-0.25, -0.2) is 8.78 Å². The lowest BCUT2D eigenvalue weighted by Gasteiger charge is -2.25. The lowest BCUT2D eigenvalue weighted by atomic mass is 9.81. The highest BCUT2D eigenvalue weighted by molar-refractivity contribution is 6.03. The van der Waals surface area contributed by atoms with Crippen molar-refractivity contribution < 1.29 is 33.3 Å². The quantitative estimate of drug-likeness (QED) is 0.181. The summed E-state index contributed by atoms with van der Waals surface area (Å²) in [6, 6.07) is 15.7. The third-order valence-corrected chi connectivity index (χ3v) is 8.04. The number of aliphatic hydroxyl groups excluding tert-OH is 1. The molecular formula is C34H30F2N2O5. The number of aromatic amines is 1. The number of carbonyl (C=O) groups excluding carboxylic acids is 1. The van der Waals surface area contributed by atoms with Gasteiger partial charge in [-0.2, -0.15) is 0 Å². The van der Waals surface area contributed by atoms with Crippen LogP contribution in [-0.4, -0.2) is 48.0 Å². The number of aliphatic hydroxyl groups is 1. The van der Waals surface area contributed by atoms with Crippen LogP contribution in [0.15, 0.2) is 66.9 Å². The number of halogens is 2. The zero-order valence-corrected chi connectivity index (χ0v) is 23.6. The van der Waals surface area contributed by atoms with E-state index in [0.29, 0.717) is 30.8 Å². The van der Waals surface area contributed by atoms with Crippen molar-refractivity contribution in [3.63, 3.8) is 0 Å². The first-order valence-corrected chi connectivity index (χ1v) is 13.9. The lowest BCUT2D eigenvalue weighted by Crippen LogP contribution is -2.39. The zero-order valence-electron chi connectivity index (χ0n) is 23.6. The normalized spacial score (nSPS) is 12.9. The second-order valence-electron chi connectivity index (χ2n) is 10.6. The number of H-pyrrole nitrogens is 1. The number of ether oxygens (including phenoxy) is 2. The van der Waals surface area contributed by atoms with Crippen LogP contribution >= 0.6 is 0 Å². The maximum Gasteiger partial charge on any atom is 0.252 e. The van der Waals surface area contributed by atoms with E-state index >= 15 is 8.78 Å². The number of hydrogen-bond donors (Lipinski definition) is 4. The van der Waals surface area contributed by atoms with Gasteiger partial charge in [-0.3, -0.25) is 4.79 Å². The van der Waals surface area contributed by atoms with E-state index in [1.165, 1.54) is 7.11 Å². The van der Waals surface area contributed by atoms with E-state index in [0.717, 1.165) is 50.9 Å². The van der Waals surface area contributed by atoms with Gasteiger partial charge in [0.05, 0.1) is 32.4 Å². The molecule has 0 saturated carbocycles. The number of phenols is 1. The molecule has 0 saturated heterocycles. The van der Waals surface area contributed by atoms with Crippen molar-refractivity contribution >= 4 is 16.8 Å². The molecule has 0 aliphatic heterocycles. The maximum absolute atomic E-state index is 15.2. The summed E-state index contributed by atoms with van der Waals surface area (Å²) in [4.78, 5) is 17.1. The van der Waals surface area contributed by atoms with Crippen LogP contribution in [0.2, 0.25) is 0 Å². The van der Waals surface area contributed by atoms with Crippen LogP contribution in [0.1, 0.15) is 27.0 Å². The largest absolute Gasteiger partial charge is 0.508 e. The summed E-state index contributed by atoms with van der Waals surface area (Å²) in [5.74, 6) is -2.05. The first-order chi connectivity index (χ1) is 20.8. The SMILES string of the molecule is COc1cc2c(cc1OC)-c1cc(C(=O)NC(CO)Cc3c[nH]c4ccccc34)c(-c3c(F)cc(O)cc3F)cc1CC2.